The highest BCUT2D eigenvalue weighted by Gasteiger charge is 2.39. The van der Waals surface area contributed by atoms with E-state index in [-0.39, 0.29) is 5.91 Å². The van der Waals surface area contributed by atoms with E-state index in [1.165, 1.54) is 12.8 Å². The second-order valence-electron chi connectivity index (χ2n) is 6.75. The van der Waals surface area contributed by atoms with Gasteiger partial charge in [-0.1, -0.05) is 6.07 Å². The molecule has 134 valence electrons. The summed E-state index contributed by atoms with van der Waals surface area (Å²) < 4.78 is 5.34. The first-order valence-corrected chi connectivity index (χ1v) is 8.76. The van der Waals surface area contributed by atoms with Crippen LogP contribution in [0, 0.1) is 11.3 Å². The summed E-state index contributed by atoms with van der Waals surface area (Å²) in [6.07, 6.45) is 6.49. The normalized spacial score (nSPS) is 22.2. The molecule has 0 saturated heterocycles. The maximum absolute atomic E-state index is 12.6. The number of methoxy groups -OCH3 is 1. The Morgan fingerprint density at radius 2 is 2.20 bits per heavy atom. The summed E-state index contributed by atoms with van der Waals surface area (Å²) in [7, 11) is 3.28. The molecule has 1 aromatic rings. The lowest BCUT2D eigenvalue weighted by Gasteiger charge is -2.12. The van der Waals surface area contributed by atoms with Crippen molar-refractivity contribution in [2.75, 3.05) is 20.7 Å². The molecule has 0 spiro atoms. The first-order chi connectivity index (χ1) is 12.2. The summed E-state index contributed by atoms with van der Waals surface area (Å²) in [6.45, 7) is 1.11. The Bertz CT molecular complexity index is 682. The molecule has 2 aliphatic rings. The monoisotopic (exact) mass is 342 g/mol. The smallest absolute Gasteiger partial charge is 0.259 e. The van der Waals surface area contributed by atoms with Crippen molar-refractivity contribution in [1.82, 2.24) is 16.0 Å². The van der Waals surface area contributed by atoms with E-state index in [4.69, 9.17) is 10.1 Å². The van der Waals surface area contributed by atoms with Crippen LogP contribution in [0.1, 0.15) is 41.1 Å². The van der Waals surface area contributed by atoms with E-state index >= 15 is 0 Å². The molecule has 0 radical (unpaired) electrons. The van der Waals surface area contributed by atoms with Gasteiger partial charge in [0.15, 0.2) is 0 Å². The summed E-state index contributed by atoms with van der Waals surface area (Å²) in [4.78, 5) is 12.6. The Hall–Kier alpha value is -2.34. The minimum Gasteiger partial charge on any atom is -0.496 e. The minimum absolute atomic E-state index is 0.271. The molecule has 0 aliphatic heterocycles. The van der Waals surface area contributed by atoms with E-state index in [1.807, 2.05) is 18.2 Å². The van der Waals surface area contributed by atoms with Gasteiger partial charge in [-0.2, -0.15) is 0 Å². The van der Waals surface area contributed by atoms with E-state index in [0.29, 0.717) is 29.0 Å². The van der Waals surface area contributed by atoms with E-state index in [1.54, 1.807) is 20.4 Å². The molecule has 0 heterocycles. The Kier molecular flexibility index (Phi) is 5.38. The third-order valence-electron chi connectivity index (χ3n) is 4.77. The lowest BCUT2D eigenvalue weighted by atomic mass is 10.0. The quantitative estimate of drug-likeness (QED) is 0.517. The maximum atomic E-state index is 12.6. The standard InChI is InChI=1S/C19H26N4O2/c1-21-11-14(9-20)23-19(24)16-7-13(5-6-18(16)25-2)15-8-17(15)22-10-12-3-4-12/h5-7,9,11-12,15,17,20-22H,3-4,8,10H2,1-2H3,(H,23,24)/b14-11+,20-9?. The third-order valence-corrected chi connectivity index (χ3v) is 4.77. The number of allylic oxidation sites excluding steroid dienone is 1. The Morgan fingerprint density at radius 3 is 2.84 bits per heavy atom. The van der Waals surface area contributed by atoms with Crippen molar-refractivity contribution in [3.63, 3.8) is 0 Å². The number of nitrogens with one attached hydrogen (secondary N) is 4. The SMILES string of the molecule is CN/C=C(\C=N)NC(=O)c1cc(C2CC2NCC2CC2)ccc1OC. The van der Waals surface area contributed by atoms with Crippen LogP contribution in [0.15, 0.2) is 30.1 Å². The topological polar surface area (TPSA) is 86.2 Å². The van der Waals surface area contributed by atoms with Gasteiger partial charge in [0.2, 0.25) is 0 Å². The van der Waals surface area contributed by atoms with Crippen molar-refractivity contribution < 1.29 is 9.53 Å². The van der Waals surface area contributed by atoms with Gasteiger partial charge < -0.3 is 26.1 Å². The van der Waals surface area contributed by atoms with Gasteiger partial charge >= 0.3 is 0 Å². The molecule has 2 saturated carbocycles. The number of hydrogen-bond donors (Lipinski definition) is 4. The van der Waals surface area contributed by atoms with Gasteiger partial charge in [0, 0.05) is 31.4 Å². The Labute approximate surface area is 148 Å². The minimum atomic E-state index is -0.271. The van der Waals surface area contributed by atoms with Crippen molar-refractivity contribution in [2.45, 2.75) is 31.2 Å². The van der Waals surface area contributed by atoms with Gasteiger partial charge in [-0.25, -0.2) is 0 Å². The van der Waals surface area contributed by atoms with Crippen molar-refractivity contribution in [2.24, 2.45) is 5.92 Å². The fraction of sp³-hybridized carbons (Fsp3) is 0.474. The van der Waals surface area contributed by atoms with Gasteiger partial charge in [-0.05, 0) is 49.4 Å². The van der Waals surface area contributed by atoms with Crippen molar-refractivity contribution in [3.05, 3.63) is 41.2 Å². The van der Waals surface area contributed by atoms with Gasteiger partial charge in [0.1, 0.15) is 5.75 Å². The average molecular weight is 342 g/mol. The fourth-order valence-electron chi connectivity index (χ4n) is 3.03. The predicted octanol–water partition coefficient (Wildman–Crippen LogP) is 1.99. The molecular weight excluding hydrogens is 316 g/mol. The zero-order chi connectivity index (χ0) is 17.8. The van der Waals surface area contributed by atoms with Gasteiger partial charge in [-0.3, -0.25) is 4.79 Å². The van der Waals surface area contributed by atoms with Gasteiger partial charge in [0.05, 0.1) is 18.4 Å². The summed E-state index contributed by atoms with van der Waals surface area (Å²) >= 11 is 0. The highest BCUT2D eigenvalue weighted by atomic mass is 16.5. The second-order valence-corrected chi connectivity index (χ2v) is 6.75. The molecule has 0 aromatic heterocycles. The fourth-order valence-corrected chi connectivity index (χ4v) is 3.03. The highest BCUT2D eigenvalue weighted by molar-refractivity contribution is 6.00. The van der Waals surface area contributed by atoms with Crippen LogP contribution < -0.4 is 20.7 Å². The summed E-state index contributed by atoms with van der Waals surface area (Å²) in [5, 5.41) is 16.5. The first kappa shape index (κ1) is 17.5. The lowest BCUT2D eigenvalue weighted by Crippen LogP contribution is -2.25. The largest absolute Gasteiger partial charge is 0.496 e. The molecule has 3 rings (SSSR count). The zero-order valence-electron chi connectivity index (χ0n) is 14.8. The van der Waals surface area contributed by atoms with E-state index in [2.05, 4.69) is 16.0 Å². The van der Waals surface area contributed by atoms with Crippen LogP contribution in [0.4, 0.5) is 0 Å². The zero-order valence-corrected chi connectivity index (χ0v) is 14.8. The molecule has 4 N–H and O–H groups in total. The predicted molar refractivity (Wildman–Crippen MR) is 98.3 cm³/mol. The number of amides is 1. The van der Waals surface area contributed by atoms with Crippen molar-refractivity contribution in [3.8, 4) is 5.75 Å². The summed E-state index contributed by atoms with van der Waals surface area (Å²) in [6, 6.07) is 6.33. The molecule has 0 bridgehead atoms. The van der Waals surface area contributed by atoms with Crippen LogP contribution in [-0.2, 0) is 0 Å². The summed E-state index contributed by atoms with van der Waals surface area (Å²) in [5.41, 5.74) is 2.06. The number of ether oxygens (including phenoxy) is 1. The Morgan fingerprint density at radius 1 is 1.40 bits per heavy atom. The van der Waals surface area contributed by atoms with Crippen molar-refractivity contribution >= 4 is 12.1 Å². The number of rotatable bonds is 9. The van der Waals surface area contributed by atoms with Crippen LogP contribution in [0.25, 0.3) is 0 Å². The molecule has 2 unspecified atom stereocenters. The van der Waals surface area contributed by atoms with Gasteiger partial charge in [-0.15, -0.1) is 0 Å². The third kappa shape index (κ3) is 4.39. The second kappa shape index (κ2) is 7.70. The number of hydrogen-bond acceptors (Lipinski definition) is 5. The molecule has 1 amide bonds. The molecule has 6 nitrogen and oxygen atoms in total. The number of carbonyl (C=O) groups excluding carboxylic acids is 1. The molecule has 2 fully saturated rings. The lowest BCUT2D eigenvalue weighted by molar-refractivity contribution is 0.0965. The van der Waals surface area contributed by atoms with E-state index in [9.17, 15) is 4.79 Å². The molecule has 1 aromatic carbocycles. The van der Waals surface area contributed by atoms with Crippen LogP contribution in [0.2, 0.25) is 0 Å². The Balaban J connectivity index is 1.70. The number of benzene rings is 1. The molecular formula is C19H26N4O2. The average Bonchev–Trinajstić information content (AvgIpc) is 3.53. The van der Waals surface area contributed by atoms with Crippen LogP contribution in [-0.4, -0.2) is 38.9 Å². The van der Waals surface area contributed by atoms with Crippen LogP contribution >= 0.6 is 0 Å². The number of carbonyl (C=O) groups is 1. The maximum Gasteiger partial charge on any atom is 0.259 e. The molecule has 6 heteroatoms. The first-order valence-electron chi connectivity index (χ1n) is 8.76. The van der Waals surface area contributed by atoms with Crippen LogP contribution in [0.5, 0.6) is 5.75 Å². The van der Waals surface area contributed by atoms with Crippen LogP contribution in [0.3, 0.4) is 0 Å². The van der Waals surface area contributed by atoms with E-state index in [0.717, 1.165) is 30.7 Å². The van der Waals surface area contributed by atoms with Crippen molar-refractivity contribution in [1.29, 1.82) is 5.41 Å². The summed E-state index contributed by atoms with van der Waals surface area (Å²) in [5.74, 6) is 1.60. The highest BCUT2D eigenvalue weighted by Crippen LogP contribution is 2.42. The molecule has 2 aliphatic carbocycles. The molecule has 2 atom stereocenters. The molecule has 25 heavy (non-hydrogen) atoms. The van der Waals surface area contributed by atoms with Gasteiger partial charge in [0.25, 0.3) is 5.91 Å². The van der Waals surface area contributed by atoms with E-state index < -0.39 is 0 Å².